The highest BCUT2D eigenvalue weighted by atomic mass is 32.2. The van der Waals surface area contributed by atoms with Gasteiger partial charge in [0, 0.05) is 31.4 Å². The molecule has 2 aliphatic heterocycles. The molecule has 1 aromatic rings. The van der Waals surface area contributed by atoms with Crippen molar-refractivity contribution >= 4 is 35.5 Å². The first kappa shape index (κ1) is 25.0. The summed E-state index contributed by atoms with van der Waals surface area (Å²) in [6.45, 7) is 0.780. The number of aliphatic carboxylic acids is 1. The number of amides is 3. The van der Waals surface area contributed by atoms with E-state index in [1.165, 1.54) is 27.9 Å². The van der Waals surface area contributed by atoms with Gasteiger partial charge in [0.05, 0.1) is 12.4 Å². The zero-order chi connectivity index (χ0) is 24.0. The van der Waals surface area contributed by atoms with E-state index in [-0.39, 0.29) is 18.2 Å². The molecule has 0 saturated carbocycles. The molecule has 0 radical (unpaired) electrons. The van der Waals surface area contributed by atoms with Gasteiger partial charge in [-0.2, -0.15) is 11.8 Å². The molecule has 182 valence electrons. The summed E-state index contributed by atoms with van der Waals surface area (Å²) in [6.07, 6.45) is 7.85. The first-order valence-electron chi connectivity index (χ1n) is 11.2. The van der Waals surface area contributed by atoms with Crippen LogP contribution in [-0.2, 0) is 25.6 Å². The number of carbonyl (C=O) groups is 4. The Bertz CT molecular complexity index is 850. The number of nitrogens with zero attached hydrogens (tertiary/aromatic N) is 3. The van der Waals surface area contributed by atoms with Crippen LogP contribution in [0.25, 0.3) is 0 Å². The number of carboxylic acids is 1. The van der Waals surface area contributed by atoms with E-state index in [2.05, 4.69) is 15.3 Å². The van der Waals surface area contributed by atoms with Crippen LogP contribution < -0.4 is 11.1 Å². The Morgan fingerprint density at radius 2 is 1.88 bits per heavy atom. The van der Waals surface area contributed by atoms with E-state index in [4.69, 9.17) is 5.73 Å². The van der Waals surface area contributed by atoms with Crippen molar-refractivity contribution in [2.75, 3.05) is 25.1 Å². The maximum absolute atomic E-state index is 13.2. The molecule has 3 rings (SSSR count). The summed E-state index contributed by atoms with van der Waals surface area (Å²) in [7, 11) is 0. The third kappa shape index (κ3) is 6.05. The highest BCUT2D eigenvalue weighted by Gasteiger charge is 2.40. The molecular weight excluding hydrogens is 448 g/mol. The lowest BCUT2D eigenvalue weighted by atomic mass is 10.1. The Labute approximate surface area is 196 Å². The lowest BCUT2D eigenvalue weighted by molar-refractivity contribution is -0.149. The number of imidazole rings is 1. The summed E-state index contributed by atoms with van der Waals surface area (Å²) in [6, 6.07) is -3.21. The maximum atomic E-state index is 13.2. The van der Waals surface area contributed by atoms with Crippen molar-refractivity contribution in [3.8, 4) is 0 Å². The third-order valence-electron chi connectivity index (χ3n) is 6.20. The number of H-pyrrole nitrogens is 1. The molecular formula is C21H32N6O5S. The highest BCUT2D eigenvalue weighted by molar-refractivity contribution is 7.98. The average Bonchev–Trinajstić information content (AvgIpc) is 3.56. The van der Waals surface area contributed by atoms with Crippen molar-refractivity contribution in [1.29, 1.82) is 0 Å². The molecule has 3 heterocycles. The summed E-state index contributed by atoms with van der Waals surface area (Å²) in [5.74, 6) is -1.51. The summed E-state index contributed by atoms with van der Waals surface area (Å²) < 4.78 is 0. The Hall–Kier alpha value is -2.60. The molecule has 3 amide bonds. The van der Waals surface area contributed by atoms with Crippen molar-refractivity contribution in [2.45, 2.75) is 62.7 Å². The molecule has 4 unspecified atom stereocenters. The lowest BCUT2D eigenvalue weighted by Crippen LogP contribution is -2.57. The van der Waals surface area contributed by atoms with Gasteiger partial charge in [-0.15, -0.1) is 0 Å². The Morgan fingerprint density at radius 1 is 1.21 bits per heavy atom. The average molecular weight is 481 g/mol. The van der Waals surface area contributed by atoms with Gasteiger partial charge in [-0.05, 0) is 44.1 Å². The second kappa shape index (κ2) is 11.5. The van der Waals surface area contributed by atoms with Crippen molar-refractivity contribution < 1.29 is 24.3 Å². The molecule has 2 aliphatic rings. The van der Waals surface area contributed by atoms with Gasteiger partial charge in [-0.3, -0.25) is 14.4 Å². The van der Waals surface area contributed by atoms with Gasteiger partial charge in [0.15, 0.2) is 0 Å². The van der Waals surface area contributed by atoms with Gasteiger partial charge in [-0.25, -0.2) is 9.78 Å². The van der Waals surface area contributed by atoms with E-state index >= 15 is 0 Å². The Kier molecular flexibility index (Phi) is 8.73. The third-order valence-corrected chi connectivity index (χ3v) is 6.84. The SMILES string of the molecule is CSCCC(NC(=O)C1CCCN1C(=O)C(N)Cc1cnc[nH]1)C(=O)N1CCCC1C(=O)O. The number of nitrogens with two attached hydrogens (primary N) is 1. The van der Waals surface area contributed by atoms with Gasteiger partial charge in [0.2, 0.25) is 17.7 Å². The molecule has 12 heteroatoms. The fraction of sp³-hybridized carbons (Fsp3) is 0.667. The number of hydrogen-bond acceptors (Lipinski definition) is 7. The largest absolute Gasteiger partial charge is 0.480 e. The molecule has 2 saturated heterocycles. The Morgan fingerprint density at radius 3 is 2.48 bits per heavy atom. The van der Waals surface area contributed by atoms with E-state index < -0.39 is 36.0 Å². The van der Waals surface area contributed by atoms with Gasteiger partial charge in [0.1, 0.15) is 18.1 Å². The summed E-state index contributed by atoms with van der Waals surface area (Å²) in [5, 5.41) is 12.2. The number of hydrogen-bond donors (Lipinski definition) is 4. The number of carbonyl (C=O) groups excluding carboxylic acids is 3. The van der Waals surface area contributed by atoms with Crippen LogP contribution >= 0.6 is 11.8 Å². The van der Waals surface area contributed by atoms with Crippen molar-refractivity contribution in [2.24, 2.45) is 5.73 Å². The standard InChI is InChI=1S/C21H32N6O5S/c1-33-9-6-15(20(30)27-8-3-5-17(27)21(31)32)25-18(28)16-4-2-7-26(16)19(29)14(22)10-13-11-23-12-24-13/h11-12,14-17H,2-10,22H2,1H3,(H,23,24)(H,25,28)(H,31,32). The Balaban J connectivity index is 1.66. The minimum atomic E-state index is -1.03. The van der Waals surface area contributed by atoms with Crippen LogP contribution in [0.3, 0.4) is 0 Å². The van der Waals surface area contributed by atoms with E-state index in [9.17, 15) is 24.3 Å². The molecule has 11 nitrogen and oxygen atoms in total. The normalized spacial score (nSPS) is 22.2. The number of aromatic amines is 1. The van der Waals surface area contributed by atoms with Gasteiger partial charge in [0.25, 0.3) is 0 Å². The molecule has 5 N–H and O–H groups in total. The number of rotatable bonds is 10. The molecule has 33 heavy (non-hydrogen) atoms. The molecule has 0 bridgehead atoms. The minimum absolute atomic E-state index is 0.282. The van der Waals surface area contributed by atoms with Crippen LogP contribution in [0.15, 0.2) is 12.5 Å². The van der Waals surface area contributed by atoms with Crippen LogP contribution in [0.2, 0.25) is 0 Å². The van der Waals surface area contributed by atoms with Crippen molar-refractivity contribution in [1.82, 2.24) is 25.1 Å². The molecule has 4 atom stereocenters. The maximum Gasteiger partial charge on any atom is 0.326 e. The van der Waals surface area contributed by atoms with E-state index in [0.717, 1.165) is 5.69 Å². The predicted octanol–water partition coefficient (Wildman–Crippen LogP) is -0.416. The second-order valence-corrected chi connectivity index (χ2v) is 9.43. The predicted molar refractivity (Wildman–Crippen MR) is 122 cm³/mol. The van der Waals surface area contributed by atoms with E-state index in [1.54, 1.807) is 6.20 Å². The second-order valence-electron chi connectivity index (χ2n) is 8.45. The van der Waals surface area contributed by atoms with E-state index in [1.807, 2.05) is 6.26 Å². The fourth-order valence-electron chi connectivity index (χ4n) is 4.49. The lowest BCUT2D eigenvalue weighted by Gasteiger charge is -2.30. The quantitative estimate of drug-likeness (QED) is 0.351. The van der Waals surface area contributed by atoms with Crippen LogP contribution in [0.1, 0.15) is 37.8 Å². The molecule has 2 fully saturated rings. The summed E-state index contributed by atoms with van der Waals surface area (Å²) in [5.41, 5.74) is 6.84. The molecule has 0 aromatic carbocycles. The van der Waals surface area contributed by atoms with E-state index in [0.29, 0.717) is 50.9 Å². The smallest absolute Gasteiger partial charge is 0.326 e. The molecule has 0 aliphatic carbocycles. The van der Waals surface area contributed by atoms with Crippen molar-refractivity contribution in [3.63, 3.8) is 0 Å². The summed E-state index contributed by atoms with van der Waals surface area (Å²) >= 11 is 1.54. The number of likely N-dealkylation sites (tertiary alicyclic amines) is 2. The zero-order valence-electron chi connectivity index (χ0n) is 18.7. The van der Waals surface area contributed by atoms with Crippen LogP contribution in [0.4, 0.5) is 0 Å². The van der Waals surface area contributed by atoms with Crippen LogP contribution in [0.5, 0.6) is 0 Å². The first-order valence-corrected chi connectivity index (χ1v) is 12.6. The van der Waals surface area contributed by atoms with Gasteiger partial charge < -0.3 is 30.9 Å². The minimum Gasteiger partial charge on any atom is -0.480 e. The first-order chi connectivity index (χ1) is 15.8. The zero-order valence-corrected chi connectivity index (χ0v) is 19.6. The number of carboxylic acid groups (broad SMARTS) is 1. The number of nitrogens with one attached hydrogen (secondary N) is 2. The monoisotopic (exact) mass is 480 g/mol. The number of thioether (sulfide) groups is 1. The van der Waals surface area contributed by atoms with Gasteiger partial charge >= 0.3 is 5.97 Å². The topological polar surface area (TPSA) is 162 Å². The fourth-order valence-corrected chi connectivity index (χ4v) is 4.96. The van der Waals surface area contributed by atoms with Crippen molar-refractivity contribution in [3.05, 3.63) is 18.2 Å². The molecule has 0 spiro atoms. The van der Waals surface area contributed by atoms with Gasteiger partial charge in [-0.1, -0.05) is 0 Å². The molecule has 1 aromatic heterocycles. The van der Waals surface area contributed by atoms with Crippen LogP contribution in [-0.4, -0.2) is 97.8 Å². The summed E-state index contributed by atoms with van der Waals surface area (Å²) in [4.78, 5) is 60.5. The highest BCUT2D eigenvalue weighted by Crippen LogP contribution is 2.22. The van der Waals surface area contributed by atoms with Crippen LogP contribution in [0, 0.1) is 0 Å². The number of aromatic nitrogens is 2.